The van der Waals surface area contributed by atoms with Crippen molar-refractivity contribution in [2.45, 2.75) is 45.4 Å². The number of aryl methyl sites for hydroxylation is 1. The molecule has 0 bridgehead atoms. The van der Waals surface area contributed by atoms with Crippen LogP contribution in [0.4, 0.5) is 0 Å². The number of benzene rings is 1. The van der Waals surface area contributed by atoms with E-state index < -0.39 is 0 Å². The molecule has 148 valence electrons. The van der Waals surface area contributed by atoms with Gasteiger partial charge in [0.25, 0.3) is 5.56 Å². The minimum Gasteiger partial charge on any atom is -0.395 e. The van der Waals surface area contributed by atoms with E-state index in [2.05, 4.69) is 23.4 Å². The molecule has 0 aliphatic rings. The molecule has 0 atom stereocenters. The topological polar surface area (TPSA) is 77.1 Å². The number of hydrogen-bond acceptors (Lipinski definition) is 5. The minimum atomic E-state index is -0.201. The highest BCUT2D eigenvalue weighted by atomic mass is 32.2. The fourth-order valence-electron chi connectivity index (χ4n) is 3.62. The number of ketones is 1. The van der Waals surface area contributed by atoms with Gasteiger partial charge in [0, 0.05) is 23.0 Å². The second kappa shape index (κ2) is 8.32. The summed E-state index contributed by atoms with van der Waals surface area (Å²) >= 11 is 1.23. The molecule has 0 amide bonds. The zero-order chi connectivity index (χ0) is 20.4. The Hall–Kier alpha value is -2.38. The van der Waals surface area contributed by atoms with Crippen LogP contribution < -0.4 is 5.56 Å². The lowest BCUT2D eigenvalue weighted by Crippen LogP contribution is -2.25. The highest BCUT2D eigenvalue weighted by molar-refractivity contribution is 7.99. The Morgan fingerprint density at radius 2 is 1.96 bits per heavy atom. The Kier molecular flexibility index (Phi) is 6.05. The maximum Gasteiger partial charge on any atom is 0.262 e. The van der Waals surface area contributed by atoms with E-state index >= 15 is 0 Å². The number of aromatic nitrogens is 3. The number of carbonyl (C=O) groups is 1. The minimum absolute atomic E-state index is 0.00274. The smallest absolute Gasteiger partial charge is 0.262 e. The van der Waals surface area contributed by atoms with Crippen LogP contribution >= 0.6 is 11.8 Å². The van der Waals surface area contributed by atoms with Crippen LogP contribution in [0, 0.1) is 13.8 Å². The van der Waals surface area contributed by atoms with Crippen LogP contribution in [0.3, 0.4) is 0 Å². The van der Waals surface area contributed by atoms with Crippen LogP contribution in [-0.2, 0) is 6.54 Å². The van der Waals surface area contributed by atoms with Gasteiger partial charge in [0.2, 0.25) is 0 Å². The second-order valence-corrected chi connectivity index (χ2v) is 7.99. The summed E-state index contributed by atoms with van der Waals surface area (Å²) in [6.45, 7) is 8.12. The van der Waals surface area contributed by atoms with E-state index in [1.165, 1.54) is 16.3 Å². The summed E-state index contributed by atoms with van der Waals surface area (Å²) in [6, 6.07) is 9.32. The summed E-state index contributed by atoms with van der Waals surface area (Å²) in [7, 11) is 0. The third kappa shape index (κ3) is 3.77. The first kappa shape index (κ1) is 20.4. The maximum absolute atomic E-state index is 12.8. The Balaban J connectivity index is 1.91. The molecular formula is C21H25N3O3S. The highest BCUT2D eigenvalue weighted by Crippen LogP contribution is 2.24. The summed E-state index contributed by atoms with van der Waals surface area (Å²) in [4.78, 5) is 30.1. The zero-order valence-corrected chi connectivity index (χ0v) is 17.4. The quantitative estimate of drug-likeness (QED) is 0.374. The van der Waals surface area contributed by atoms with Gasteiger partial charge >= 0.3 is 0 Å². The molecule has 3 rings (SSSR count). The second-order valence-electron chi connectivity index (χ2n) is 7.05. The number of carbonyl (C=O) groups excluding carboxylic acids is 1. The molecule has 7 heteroatoms. The molecular weight excluding hydrogens is 374 g/mol. The van der Waals surface area contributed by atoms with Crippen molar-refractivity contribution in [3.05, 3.63) is 57.6 Å². The first-order chi connectivity index (χ1) is 13.3. The van der Waals surface area contributed by atoms with Gasteiger partial charge < -0.3 is 9.67 Å². The Morgan fingerprint density at radius 3 is 2.61 bits per heavy atom. The molecule has 0 saturated heterocycles. The zero-order valence-electron chi connectivity index (χ0n) is 16.6. The van der Waals surface area contributed by atoms with E-state index in [0.717, 1.165) is 11.4 Å². The van der Waals surface area contributed by atoms with Crippen LogP contribution in [0.15, 0.2) is 40.3 Å². The lowest BCUT2D eigenvalue weighted by molar-refractivity contribution is 0.102. The number of thioether (sulfide) groups is 1. The van der Waals surface area contributed by atoms with Gasteiger partial charge in [0.05, 0.1) is 29.8 Å². The van der Waals surface area contributed by atoms with Gasteiger partial charge in [0.15, 0.2) is 10.9 Å². The fraction of sp³-hybridized carbons (Fsp3) is 0.381. The van der Waals surface area contributed by atoms with E-state index in [-0.39, 0.29) is 36.3 Å². The number of nitrogens with zero attached hydrogens (tertiary/aromatic N) is 3. The van der Waals surface area contributed by atoms with Crippen LogP contribution in [0.5, 0.6) is 0 Å². The number of aliphatic hydroxyl groups excluding tert-OH is 1. The fourth-order valence-corrected chi connectivity index (χ4v) is 4.53. The maximum atomic E-state index is 12.8. The largest absolute Gasteiger partial charge is 0.395 e. The van der Waals surface area contributed by atoms with E-state index in [4.69, 9.17) is 0 Å². The average Bonchev–Trinajstić information content (AvgIpc) is 2.97. The lowest BCUT2D eigenvalue weighted by Gasteiger charge is -2.14. The predicted octanol–water partition coefficient (Wildman–Crippen LogP) is 3.36. The van der Waals surface area contributed by atoms with Crippen molar-refractivity contribution < 1.29 is 9.90 Å². The normalized spacial score (nSPS) is 11.5. The van der Waals surface area contributed by atoms with Crippen molar-refractivity contribution in [1.29, 1.82) is 0 Å². The molecule has 0 aliphatic heterocycles. The molecule has 0 radical (unpaired) electrons. The lowest BCUT2D eigenvalue weighted by atomic mass is 10.2. The average molecular weight is 400 g/mol. The molecule has 28 heavy (non-hydrogen) atoms. The summed E-state index contributed by atoms with van der Waals surface area (Å²) in [5.41, 5.74) is 3.11. The van der Waals surface area contributed by atoms with Crippen LogP contribution in [0.25, 0.3) is 10.9 Å². The van der Waals surface area contributed by atoms with Crippen molar-refractivity contribution >= 4 is 28.4 Å². The third-order valence-corrected chi connectivity index (χ3v) is 5.76. The third-order valence-electron chi connectivity index (χ3n) is 4.78. The van der Waals surface area contributed by atoms with Crippen LogP contribution in [0.2, 0.25) is 0 Å². The molecule has 0 unspecified atom stereocenters. The van der Waals surface area contributed by atoms with Crippen LogP contribution in [-0.4, -0.2) is 37.4 Å². The van der Waals surface area contributed by atoms with Gasteiger partial charge in [-0.1, -0.05) is 23.9 Å². The number of hydrogen-bond donors (Lipinski definition) is 1. The molecule has 6 nitrogen and oxygen atoms in total. The van der Waals surface area contributed by atoms with Gasteiger partial charge in [-0.15, -0.1) is 0 Å². The molecule has 3 aromatic rings. The van der Waals surface area contributed by atoms with E-state index in [1.54, 1.807) is 18.2 Å². The van der Waals surface area contributed by atoms with Gasteiger partial charge in [-0.25, -0.2) is 4.98 Å². The molecule has 0 aliphatic carbocycles. The van der Waals surface area contributed by atoms with Gasteiger partial charge in [-0.2, -0.15) is 0 Å². The summed E-state index contributed by atoms with van der Waals surface area (Å²) in [5, 5.41) is 10.3. The summed E-state index contributed by atoms with van der Waals surface area (Å²) in [5.74, 6) is 0.182. The molecule has 0 saturated carbocycles. The van der Waals surface area contributed by atoms with Crippen molar-refractivity contribution in [1.82, 2.24) is 14.1 Å². The molecule has 1 N–H and O–H groups in total. The van der Waals surface area contributed by atoms with Crippen molar-refractivity contribution in [2.75, 3.05) is 12.4 Å². The first-order valence-corrected chi connectivity index (χ1v) is 10.3. The number of rotatable bonds is 7. The Labute approximate surface area is 168 Å². The van der Waals surface area contributed by atoms with E-state index in [0.29, 0.717) is 21.6 Å². The molecule has 2 aromatic heterocycles. The van der Waals surface area contributed by atoms with E-state index in [9.17, 15) is 14.7 Å². The van der Waals surface area contributed by atoms with Gasteiger partial charge in [0.1, 0.15) is 0 Å². The van der Waals surface area contributed by atoms with Crippen molar-refractivity contribution in [3.63, 3.8) is 0 Å². The number of Topliss-reactive ketones (excluding diaryl/α,β-unsaturated/α-hetero) is 1. The molecule has 2 heterocycles. The molecule has 0 spiro atoms. The molecule has 0 fully saturated rings. The number of para-hydroxylation sites is 1. The summed E-state index contributed by atoms with van der Waals surface area (Å²) < 4.78 is 3.59. The number of fused-ring (bicyclic) bond motifs is 1. The van der Waals surface area contributed by atoms with Crippen molar-refractivity contribution in [3.8, 4) is 0 Å². The first-order valence-electron chi connectivity index (χ1n) is 9.30. The van der Waals surface area contributed by atoms with E-state index in [1.807, 2.05) is 26.0 Å². The van der Waals surface area contributed by atoms with Crippen LogP contribution in [0.1, 0.15) is 41.6 Å². The van der Waals surface area contributed by atoms with Gasteiger partial charge in [-0.3, -0.25) is 14.2 Å². The van der Waals surface area contributed by atoms with Crippen molar-refractivity contribution in [2.24, 2.45) is 0 Å². The predicted molar refractivity (Wildman–Crippen MR) is 112 cm³/mol. The highest BCUT2D eigenvalue weighted by Gasteiger charge is 2.19. The van der Waals surface area contributed by atoms with Gasteiger partial charge in [-0.05, 0) is 45.9 Å². The Morgan fingerprint density at radius 1 is 1.25 bits per heavy atom. The summed E-state index contributed by atoms with van der Waals surface area (Å²) in [6.07, 6.45) is 0. The monoisotopic (exact) mass is 399 g/mol. The number of aliphatic hydroxyl groups is 1. The molecule has 1 aromatic carbocycles. The Bertz CT molecular complexity index is 1080. The SMILES string of the molecule is Cc1cc(C(=O)CSc2nc3ccccc3c(=O)n2CCO)c(C)n1C(C)C. The standard InChI is InChI=1S/C21H25N3O3S/c1-13(2)24-14(3)11-17(15(24)4)19(26)12-28-21-22-18-8-6-5-7-16(18)20(27)23(21)9-10-25/h5-8,11,13,25H,9-10,12H2,1-4H3.